The van der Waals surface area contributed by atoms with Crippen molar-refractivity contribution in [1.29, 1.82) is 0 Å². The van der Waals surface area contributed by atoms with Crippen LogP contribution >= 0.6 is 0 Å². The Bertz CT molecular complexity index is 1140. The van der Waals surface area contributed by atoms with E-state index < -0.39 is 12.3 Å². The van der Waals surface area contributed by atoms with E-state index in [1.165, 1.54) is 10.7 Å². The number of halogens is 2. The minimum Gasteiger partial charge on any atom is -0.366 e. The molecule has 1 atom stereocenters. The molecule has 4 rings (SSSR count). The van der Waals surface area contributed by atoms with Gasteiger partial charge in [0.25, 0.3) is 12.3 Å². The highest BCUT2D eigenvalue weighted by atomic mass is 19.3. The molecule has 7 nitrogen and oxygen atoms in total. The lowest BCUT2D eigenvalue weighted by Crippen LogP contribution is -2.41. The van der Waals surface area contributed by atoms with Gasteiger partial charge in [0.1, 0.15) is 12.2 Å². The second-order valence-electron chi connectivity index (χ2n) is 7.83. The highest BCUT2D eigenvalue weighted by Crippen LogP contribution is 2.30. The maximum Gasteiger partial charge on any atom is 0.282 e. The number of pyridine rings is 1. The molecular formula is C22H23F2N5O2. The number of likely N-dealkylation sites (tertiary alicyclic amines) is 1. The maximum atomic E-state index is 12.9. The van der Waals surface area contributed by atoms with Gasteiger partial charge in [0.15, 0.2) is 0 Å². The number of fused-ring (bicyclic) bond motifs is 1. The van der Waals surface area contributed by atoms with Gasteiger partial charge in [-0.25, -0.2) is 8.78 Å². The summed E-state index contributed by atoms with van der Waals surface area (Å²) in [6.45, 7) is 2.46. The maximum absolute atomic E-state index is 12.9. The molecule has 1 aliphatic rings. The van der Waals surface area contributed by atoms with Crippen LogP contribution in [0.15, 0.2) is 36.4 Å². The number of nitrogens with two attached hydrogens (primary N) is 1. The fourth-order valence-electron chi connectivity index (χ4n) is 4.10. The summed E-state index contributed by atoms with van der Waals surface area (Å²) in [7, 11) is 0. The Morgan fingerprint density at radius 3 is 2.74 bits per heavy atom. The Hall–Kier alpha value is -3.36. The highest BCUT2D eigenvalue weighted by Gasteiger charge is 2.29. The fourth-order valence-corrected chi connectivity index (χ4v) is 4.10. The quantitative estimate of drug-likeness (QED) is 0.677. The third-order valence-electron chi connectivity index (χ3n) is 5.69. The summed E-state index contributed by atoms with van der Waals surface area (Å²) in [6.07, 6.45) is -1.17. The summed E-state index contributed by atoms with van der Waals surface area (Å²) in [6, 6.07) is 10.5. The topological polar surface area (TPSA) is 94.1 Å². The molecule has 0 aliphatic carbocycles. The summed E-state index contributed by atoms with van der Waals surface area (Å²) in [5.41, 5.74) is 7.51. The van der Waals surface area contributed by atoms with Gasteiger partial charge >= 0.3 is 0 Å². The van der Waals surface area contributed by atoms with Crippen molar-refractivity contribution in [1.82, 2.24) is 19.7 Å². The summed E-state index contributed by atoms with van der Waals surface area (Å²) >= 11 is 0. The molecule has 31 heavy (non-hydrogen) atoms. The average Bonchev–Trinajstić information content (AvgIpc) is 3.13. The van der Waals surface area contributed by atoms with Gasteiger partial charge in [0.2, 0.25) is 5.91 Å². The standard InChI is InChI=1S/C22H23F2N5O2/c1-13-9-18(21(23)24)27-29(13)12-19(30)28-8-4-6-15(11-28)20-16(22(25)31)10-14-5-2-3-7-17(14)26-20/h2-3,5,7,9-10,15,21H,4,6,8,11-12H2,1H3,(H2,25,31). The molecule has 2 N–H and O–H groups in total. The van der Waals surface area contributed by atoms with E-state index in [0.717, 1.165) is 23.7 Å². The van der Waals surface area contributed by atoms with E-state index >= 15 is 0 Å². The van der Waals surface area contributed by atoms with Crippen molar-refractivity contribution in [2.75, 3.05) is 13.1 Å². The molecule has 0 radical (unpaired) electrons. The molecule has 2 amide bonds. The number of aryl methyl sites for hydroxylation is 1. The molecule has 1 aliphatic heterocycles. The van der Waals surface area contributed by atoms with Gasteiger partial charge in [-0.15, -0.1) is 0 Å². The predicted molar refractivity (Wildman–Crippen MR) is 111 cm³/mol. The molecule has 0 bridgehead atoms. The van der Waals surface area contributed by atoms with Crippen LogP contribution in [0.1, 0.15) is 52.6 Å². The van der Waals surface area contributed by atoms with E-state index in [9.17, 15) is 18.4 Å². The first-order valence-corrected chi connectivity index (χ1v) is 10.1. The Balaban J connectivity index is 1.56. The summed E-state index contributed by atoms with van der Waals surface area (Å²) in [5, 5.41) is 4.67. The van der Waals surface area contributed by atoms with Crippen molar-refractivity contribution in [2.24, 2.45) is 5.73 Å². The van der Waals surface area contributed by atoms with Crippen molar-refractivity contribution < 1.29 is 18.4 Å². The molecule has 3 aromatic rings. The summed E-state index contributed by atoms with van der Waals surface area (Å²) in [5.74, 6) is -0.901. The van der Waals surface area contributed by atoms with Gasteiger partial charge in [0.05, 0.1) is 16.8 Å². The van der Waals surface area contributed by atoms with E-state index in [1.54, 1.807) is 17.9 Å². The molecule has 3 heterocycles. The van der Waals surface area contributed by atoms with Crippen molar-refractivity contribution >= 4 is 22.7 Å². The number of aromatic nitrogens is 3. The minimum absolute atomic E-state index is 0.112. The molecule has 9 heteroatoms. The first kappa shape index (κ1) is 20.9. The van der Waals surface area contributed by atoms with Crippen LogP contribution in [0, 0.1) is 6.92 Å². The van der Waals surface area contributed by atoms with Gasteiger partial charge in [-0.1, -0.05) is 18.2 Å². The van der Waals surface area contributed by atoms with Crippen LogP contribution in [0.2, 0.25) is 0 Å². The number of amides is 2. The number of carbonyl (C=O) groups excluding carboxylic acids is 2. The Labute approximate surface area is 177 Å². The van der Waals surface area contributed by atoms with Crippen molar-refractivity contribution in [3.63, 3.8) is 0 Å². The number of nitrogens with zero attached hydrogens (tertiary/aromatic N) is 4. The Kier molecular flexibility index (Phi) is 5.67. The lowest BCUT2D eigenvalue weighted by Gasteiger charge is -2.33. The van der Waals surface area contributed by atoms with E-state index in [-0.39, 0.29) is 24.1 Å². The van der Waals surface area contributed by atoms with Crippen LogP contribution in [0.5, 0.6) is 0 Å². The van der Waals surface area contributed by atoms with Crippen LogP contribution in [0.25, 0.3) is 10.9 Å². The second kappa shape index (κ2) is 8.41. The zero-order valence-corrected chi connectivity index (χ0v) is 17.1. The number of hydrogen-bond acceptors (Lipinski definition) is 4. The number of benzene rings is 1. The predicted octanol–water partition coefficient (Wildman–Crippen LogP) is 3.18. The Morgan fingerprint density at radius 1 is 1.26 bits per heavy atom. The normalized spacial score (nSPS) is 16.8. The monoisotopic (exact) mass is 427 g/mol. The Morgan fingerprint density at radius 2 is 2.03 bits per heavy atom. The van der Waals surface area contributed by atoms with Crippen molar-refractivity contribution in [3.8, 4) is 0 Å². The van der Waals surface area contributed by atoms with Crippen LogP contribution in [-0.4, -0.2) is 44.6 Å². The minimum atomic E-state index is -2.68. The largest absolute Gasteiger partial charge is 0.366 e. The lowest BCUT2D eigenvalue weighted by atomic mass is 9.90. The van der Waals surface area contributed by atoms with Crippen molar-refractivity contribution in [3.05, 3.63) is 59.0 Å². The number of rotatable bonds is 5. The van der Waals surface area contributed by atoms with Gasteiger partial charge in [-0.3, -0.25) is 19.3 Å². The summed E-state index contributed by atoms with van der Waals surface area (Å²) < 4.78 is 27.1. The molecule has 1 saturated heterocycles. The zero-order chi connectivity index (χ0) is 22.1. The van der Waals surface area contributed by atoms with Gasteiger partial charge < -0.3 is 10.6 Å². The first-order chi connectivity index (χ1) is 14.8. The zero-order valence-electron chi connectivity index (χ0n) is 17.1. The van der Waals surface area contributed by atoms with Crippen LogP contribution in [-0.2, 0) is 11.3 Å². The molecule has 2 aromatic heterocycles. The van der Waals surface area contributed by atoms with E-state index in [0.29, 0.717) is 30.0 Å². The summed E-state index contributed by atoms with van der Waals surface area (Å²) in [4.78, 5) is 31.3. The third kappa shape index (κ3) is 4.26. The number of piperidine rings is 1. The number of alkyl halides is 2. The number of hydrogen-bond donors (Lipinski definition) is 1. The molecule has 1 unspecified atom stereocenters. The lowest BCUT2D eigenvalue weighted by molar-refractivity contribution is -0.133. The number of para-hydroxylation sites is 1. The molecular weight excluding hydrogens is 404 g/mol. The second-order valence-corrected chi connectivity index (χ2v) is 7.83. The fraction of sp³-hybridized carbons (Fsp3) is 0.364. The van der Waals surface area contributed by atoms with E-state index in [2.05, 4.69) is 5.10 Å². The van der Waals surface area contributed by atoms with Gasteiger partial charge in [0, 0.05) is 30.1 Å². The molecule has 1 fully saturated rings. The van der Waals surface area contributed by atoms with E-state index in [1.807, 2.05) is 24.3 Å². The first-order valence-electron chi connectivity index (χ1n) is 10.1. The average molecular weight is 427 g/mol. The number of primary amides is 1. The van der Waals surface area contributed by atoms with Crippen LogP contribution < -0.4 is 5.73 Å². The SMILES string of the molecule is Cc1cc(C(F)F)nn1CC(=O)N1CCCC(c2nc3ccccc3cc2C(N)=O)C1. The van der Waals surface area contributed by atoms with E-state index in [4.69, 9.17) is 10.7 Å². The molecule has 0 spiro atoms. The van der Waals surface area contributed by atoms with Gasteiger partial charge in [-0.05, 0) is 38.0 Å². The molecule has 162 valence electrons. The highest BCUT2D eigenvalue weighted by molar-refractivity contribution is 5.97. The third-order valence-corrected chi connectivity index (χ3v) is 5.69. The molecule has 1 aromatic carbocycles. The smallest absolute Gasteiger partial charge is 0.282 e. The molecule has 0 saturated carbocycles. The van der Waals surface area contributed by atoms with Gasteiger partial charge in [-0.2, -0.15) is 5.10 Å². The van der Waals surface area contributed by atoms with Crippen LogP contribution in [0.3, 0.4) is 0 Å². The van der Waals surface area contributed by atoms with Crippen molar-refractivity contribution in [2.45, 2.75) is 38.7 Å². The van der Waals surface area contributed by atoms with Crippen LogP contribution in [0.4, 0.5) is 8.78 Å². The number of carbonyl (C=O) groups is 2.